The van der Waals surface area contributed by atoms with Crippen LogP contribution in [0, 0.1) is 6.92 Å². The lowest BCUT2D eigenvalue weighted by molar-refractivity contribution is 0.170. The Morgan fingerprint density at radius 3 is 2.80 bits per heavy atom. The van der Waals surface area contributed by atoms with E-state index in [1.54, 1.807) is 0 Å². The highest BCUT2D eigenvalue weighted by molar-refractivity contribution is 9.10. The summed E-state index contributed by atoms with van der Waals surface area (Å²) >= 11 is 3.68. The predicted octanol–water partition coefficient (Wildman–Crippen LogP) is 1.98. The van der Waals surface area contributed by atoms with Crippen LogP contribution in [0.25, 0.3) is 0 Å². The molecule has 5 heteroatoms. The minimum Gasteiger partial charge on any atom is -0.486 e. The second kappa shape index (κ2) is 6.33. The lowest BCUT2D eigenvalue weighted by Gasteiger charge is -2.28. The first kappa shape index (κ1) is 14.2. The summed E-state index contributed by atoms with van der Waals surface area (Å²) in [4.78, 5) is 2.51. The molecule has 0 aliphatic carbocycles. The fourth-order valence-corrected chi connectivity index (χ4v) is 3.57. The van der Waals surface area contributed by atoms with Crippen molar-refractivity contribution < 1.29 is 9.47 Å². The number of hydrogen-bond donors (Lipinski definition) is 1. The van der Waals surface area contributed by atoms with Crippen molar-refractivity contribution in [2.45, 2.75) is 13.3 Å². The second-order valence-corrected chi connectivity index (χ2v) is 6.18. The molecule has 0 unspecified atom stereocenters. The molecule has 2 aliphatic heterocycles. The molecule has 2 heterocycles. The molecule has 0 amide bonds. The summed E-state index contributed by atoms with van der Waals surface area (Å²) in [7, 11) is 0. The van der Waals surface area contributed by atoms with Gasteiger partial charge < -0.3 is 19.7 Å². The third-order valence-corrected chi connectivity index (χ3v) is 4.75. The number of halogens is 1. The quantitative estimate of drug-likeness (QED) is 0.912. The first-order valence-electron chi connectivity index (χ1n) is 7.26. The van der Waals surface area contributed by atoms with Gasteiger partial charge in [0, 0.05) is 37.2 Å². The number of piperazine rings is 1. The van der Waals surface area contributed by atoms with E-state index in [1.807, 2.05) is 0 Å². The van der Waals surface area contributed by atoms with Gasteiger partial charge in [-0.25, -0.2) is 0 Å². The molecule has 3 rings (SSSR count). The summed E-state index contributed by atoms with van der Waals surface area (Å²) < 4.78 is 12.6. The fourth-order valence-electron chi connectivity index (χ4n) is 2.86. The summed E-state index contributed by atoms with van der Waals surface area (Å²) in [5.74, 6) is 1.79. The van der Waals surface area contributed by atoms with Gasteiger partial charge in [0.1, 0.15) is 13.2 Å². The molecular formula is C15H21BrN2O2. The van der Waals surface area contributed by atoms with Gasteiger partial charge in [-0.2, -0.15) is 0 Å². The summed E-state index contributed by atoms with van der Waals surface area (Å²) in [6.45, 7) is 8.99. The number of benzene rings is 1. The molecule has 2 aliphatic rings. The van der Waals surface area contributed by atoms with Gasteiger partial charge in [0.15, 0.2) is 11.5 Å². The standard InChI is InChI=1S/C15H21BrN2O2/c1-11-12(2-5-18-6-3-17-4-7-18)13(16)10-14-15(11)20-9-8-19-14/h10,17H,2-9H2,1H3. The van der Waals surface area contributed by atoms with Crippen LogP contribution >= 0.6 is 15.9 Å². The van der Waals surface area contributed by atoms with E-state index < -0.39 is 0 Å². The summed E-state index contributed by atoms with van der Waals surface area (Å²) in [6, 6.07) is 2.05. The van der Waals surface area contributed by atoms with Crippen molar-refractivity contribution in [3.63, 3.8) is 0 Å². The molecule has 1 N–H and O–H groups in total. The molecule has 0 bridgehead atoms. The van der Waals surface area contributed by atoms with Crippen LogP contribution in [0.15, 0.2) is 10.5 Å². The Morgan fingerprint density at radius 1 is 1.25 bits per heavy atom. The van der Waals surface area contributed by atoms with E-state index in [2.05, 4.69) is 39.1 Å². The lowest BCUT2D eigenvalue weighted by Crippen LogP contribution is -2.44. The predicted molar refractivity (Wildman–Crippen MR) is 82.9 cm³/mol. The van der Waals surface area contributed by atoms with Crippen molar-refractivity contribution in [3.05, 3.63) is 21.7 Å². The molecule has 1 saturated heterocycles. The number of ether oxygens (including phenoxy) is 2. The monoisotopic (exact) mass is 340 g/mol. The Labute approximate surface area is 128 Å². The molecule has 0 radical (unpaired) electrons. The third kappa shape index (κ3) is 2.95. The fraction of sp³-hybridized carbons (Fsp3) is 0.600. The van der Waals surface area contributed by atoms with Crippen LogP contribution < -0.4 is 14.8 Å². The molecule has 1 aromatic carbocycles. The van der Waals surface area contributed by atoms with Gasteiger partial charge in [-0.05, 0) is 30.5 Å². The van der Waals surface area contributed by atoms with E-state index in [-0.39, 0.29) is 0 Å². The first-order chi connectivity index (χ1) is 9.75. The Bertz CT molecular complexity index is 487. The molecule has 1 fully saturated rings. The van der Waals surface area contributed by atoms with E-state index in [0.717, 1.165) is 55.1 Å². The van der Waals surface area contributed by atoms with E-state index >= 15 is 0 Å². The Morgan fingerprint density at radius 2 is 2.00 bits per heavy atom. The second-order valence-electron chi connectivity index (χ2n) is 5.33. The van der Waals surface area contributed by atoms with Gasteiger partial charge in [-0.15, -0.1) is 0 Å². The van der Waals surface area contributed by atoms with Crippen molar-refractivity contribution in [2.75, 3.05) is 45.9 Å². The molecule has 0 spiro atoms. The molecule has 0 aromatic heterocycles. The number of fused-ring (bicyclic) bond motifs is 1. The van der Waals surface area contributed by atoms with Crippen molar-refractivity contribution in [2.24, 2.45) is 0 Å². The van der Waals surface area contributed by atoms with E-state index in [4.69, 9.17) is 9.47 Å². The van der Waals surface area contributed by atoms with Gasteiger partial charge in [-0.1, -0.05) is 15.9 Å². The minimum absolute atomic E-state index is 0.638. The Balaban J connectivity index is 1.75. The molecule has 0 saturated carbocycles. The zero-order valence-electron chi connectivity index (χ0n) is 11.9. The van der Waals surface area contributed by atoms with Crippen LogP contribution in [0.4, 0.5) is 0 Å². The van der Waals surface area contributed by atoms with Gasteiger partial charge in [0.25, 0.3) is 0 Å². The van der Waals surface area contributed by atoms with Crippen LogP contribution in [0.2, 0.25) is 0 Å². The van der Waals surface area contributed by atoms with Gasteiger partial charge in [0.05, 0.1) is 0 Å². The van der Waals surface area contributed by atoms with Gasteiger partial charge in [-0.3, -0.25) is 0 Å². The zero-order valence-corrected chi connectivity index (χ0v) is 13.5. The van der Waals surface area contributed by atoms with Crippen molar-refractivity contribution in [3.8, 4) is 11.5 Å². The van der Waals surface area contributed by atoms with Crippen molar-refractivity contribution >= 4 is 15.9 Å². The highest BCUT2D eigenvalue weighted by Crippen LogP contribution is 2.39. The van der Waals surface area contributed by atoms with Crippen LogP contribution in [0.5, 0.6) is 11.5 Å². The average molecular weight is 341 g/mol. The van der Waals surface area contributed by atoms with Gasteiger partial charge >= 0.3 is 0 Å². The maximum Gasteiger partial charge on any atom is 0.164 e. The highest BCUT2D eigenvalue weighted by atomic mass is 79.9. The van der Waals surface area contributed by atoms with Crippen molar-refractivity contribution in [1.29, 1.82) is 0 Å². The molecular weight excluding hydrogens is 320 g/mol. The van der Waals surface area contributed by atoms with Crippen LogP contribution in [0.3, 0.4) is 0 Å². The SMILES string of the molecule is Cc1c(CCN2CCNCC2)c(Br)cc2c1OCCO2. The number of hydrogen-bond acceptors (Lipinski definition) is 4. The molecule has 0 atom stereocenters. The van der Waals surface area contributed by atoms with Crippen molar-refractivity contribution in [1.82, 2.24) is 10.2 Å². The smallest absolute Gasteiger partial charge is 0.164 e. The van der Waals surface area contributed by atoms with Crippen LogP contribution in [-0.2, 0) is 6.42 Å². The number of nitrogens with one attached hydrogen (secondary N) is 1. The average Bonchev–Trinajstić information content (AvgIpc) is 2.48. The van der Waals surface area contributed by atoms with Crippen LogP contribution in [-0.4, -0.2) is 50.8 Å². The first-order valence-corrected chi connectivity index (χ1v) is 8.05. The molecule has 110 valence electrons. The summed E-state index contributed by atoms with van der Waals surface area (Å²) in [6.07, 6.45) is 1.04. The largest absolute Gasteiger partial charge is 0.486 e. The third-order valence-electron chi connectivity index (χ3n) is 4.04. The maximum atomic E-state index is 5.77. The Kier molecular flexibility index (Phi) is 4.48. The van der Waals surface area contributed by atoms with Crippen LogP contribution in [0.1, 0.15) is 11.1 Å². The molecule has 20 heavy (non-hydrogen) atoms. The highest BCUT2D eigenvalue weighted by Gasteiger charge is 2.20. The number of nitrogens with zero attached hydrogens (tertiary/aromatic N) is 1. The Hall–Kier alpha value is -0.780. The summed E-state index contributed by atoms with van der Waals surface area (Å²) in [5.41, 5.74) is 2.55. The van der Waals surface area contributed by atoms with E-state index in [1.165, 1.54) is 11.1 Å². The molecule has 4 nitrogen and oxygen atoms in total. The zero-order chi connectivity index (χ0) is 13.9. The summed E-state index contributed by atoms with van der Waals surface area (Å²) in [5, 5.41) is 3.39. The van der Waals surface area contributed by atoms with E-state index in [0.29, 0.717) is 13.2 Å². The van der Waals surface area contributed by atoms with E-state index in [9.17, 15) is 0 Å². The van der Waals surface area contributed by atoms with Gasteiger partial charge in [0.2, 0.25) is 0 Å². The lowest BCUT2D eigenvalue weighted by atomic mass is 10.0. The molecule has 1 aromatic rings. The number of rotatable bonds is 3. The maximum absolute atomic E-state index is 5.77. The minimum atomic E-state index is 0.638. The normalized spacial score (nSPS) is 19.1. The topological polar surface area (TPSA) is 33.7 Å².